The summed E-state index contributed by atoms with van der Waals surface area (Å²) in [5.41, 5.74) is 1.98. The summed E-state index contributed by atoms with van der Waals surface area (Å²) in [6.45, 7) is 2.78. The number of methoxy groups -OCH3 is 1. The van der Waals surface area contributed by atoms with Crippen LogP contribution in [0.4, 0.5) is 0 Å². The molecule has 156 valence electrons. The number of piperidine rings is 1. The van der Waals surface area contributed by atoms with E-state index in [4.69, 9.17) is 4.74 Å². The summed E-state index contributed by atoms with van der Waals surface area (Å²) in [6.07, 6.45) is 2.60. The predicted molar refractivity (Wildman–Crippen MR) is 112 cm³/mol. The quantitative estimate of drug-likeness (QED) is 0.752. The van der Waals surface area contributed by atoms with Gasteiger partial charge in [-0.05, 0) is 49.6 Å². The Morgan fingerprint density at radius 3 is 2.45 bits per heavy atom. The molecule has 1 unspecified atom stereocenters. The molecule has 0 aliphatic carbocycles. The zero-order chi connectivity index (χ0) is 20.9. The van der Waals surface area contributed by atoms with Crippen LogP contribution in [-0.2, 0) is 21.4 Å². The van der Waals surface area contributed by atoms with Crippen LogP contribution in [0, 0.1) is 6.92 Å². The van der Waals surface area contributed by atoms with Gasteiger partial charge in [-0.15, -0.1) is 0 Å². The maximum Gasteiger partial charge on any atom is 0.243 e. The van der Waals surface area contributed by atoms with Crippen molar-refractivity contribution in [1.29, 1.82) is 0 Å². The number of carbonyl (C=O) groups excluding carboxylic acids is 1. The maximum atomic E-state index is 13.1. The van der Waals surface area contributed by atoms with Crippen LogP contribution in [0.25, 0.3) is 0 Å². The highest BCUT2D eigenvalue weighted by Crippen LogP contribution is 2.27. The van der Waals surface area contributed by atoms with Gasteiger partial charge in [0.2, 0.25) is 15.9 Å². The first-order chi connectivity index (χ1) is 13.9. The van der Waals surface area contributed by atoms with E-state index in [2.05, 4.69) is 5.32 Å². The Labute approximate surface area is 172 Å². The number of ether oxygens (including phenoxy) is 1. The van der Waals surface area contributed by atoms with Gasteiger partial charge in [-0.3, -0.25) is 4.79 Å². The van der Waals surface area contributed by atoms with Gasteiger partial charge >= 0.3 is 0 Å². The lowest BCUT2D eigenvalue weighted by molar-refractivity contribution is -0.122. The number of hydrogen-bond acceptors (Lipinski definition) is 4. The Kier molecular flexibility index (Phi) is 6.92. The van der Waals surface area contributed by atoms with Gasteiger partial charge in [0.1, 0.15) is 5.75 Å². The smallest absolute Gasteiger partial charge is 0.243 e. The third-order valence-electron chi connectivity index (χ3n) is 5.27. The summed E-state index contributed by atoms with van der Waals surface area (Å²) in [5.74, 6) is 0.621. The zero-order valence-electron chi connectivity index (χ0n) is 16.9. The largest absolute Gasteiger partial charge is 0.497 e. The average Bonchev–Trinajstić information content (AvgIpc) is 2.73. The van der Waals surface area contributed by atoms with Gasteiger partial charge in [0.25, 0.3) is 0 Å². The highest BCUT2D eigenvalue weighted by molar-refractivity contribution is 7.89. The van der Waals surface area contributed by atoms with E-state index in [0.29, 0.717) is 19.5 Å². The van der Waals surface area contributed by atoms with Crippen molar-refractivity contribution in [2.45, 2.75) is 50.1 Å². The Bertz CT molecular complexity index is 924. The molecule has 1 aliphatic heterocycles. The van der Waals surface area contributed by atoms with Crippen LogP contribution >= 0.6 is 0 Å². The second kappa shape index (κ2) is 9.41. The summed E-state index contributed by atoms with van der Waals surface area (Å²) in [6, 6.07) is 14.0. The molecule has 6 nitrogen and oxygen atoms in total. The molecule has 0 spiro atoms. The van der Waals surface area contributed by atoms with Crippen molar-refractivity contribution in [3.8, 4) is 5.75 Å². The number of carbonyl (C=O) groups is 1. The lowest BCUT2D eigenvalue weighted by Gasteiger charge is -2.34. The molecule has 0 aromatic heterocycles. The summed E-state index contributed by atoms with van der Waals surface area (Å²) in [4.78, 5) is 12.8. The van der Waals surface area contributed by atoms with Crippen LogP contribution in [0.3, 0.4) is 0 Å². The van der Waals surface area contributed by atoms with Gasteiger partial charge in [0, 0.05) is 25.6 Å². The van der Waals surface area contributed by atoms with Crippen molar-refractivity contribution < 1.29 is 17.9 Å². The van der Waals surface area contributed by atoms with Crippen LogP contribution in [0.2, 0.25) is 0 Å². The van der Waals surface area contributed by atoms with E-state index in [1.54, 1.807) is 31.4 Å². The predicted octanol–water partition coefficient (Wildman–Crippen LogP) is 3.25. The van der Waals surface area contributed by atoms with Gasteiger partial charge in [-0.25, -0.2) is 8.42 Å². The molecule has 2 aromatic rings. The van der Waals surface area contributed by atoms with Crippen molar-refractivity contribution in [1.82, 2.24) is 9.62 Å². The molecule has 7 heteroatoms. The molecule has 1 saturated heterocycles. The lowest BCUT2D eigenvalue weighted by Crippen LogP contribution is -2.45. The van der Waals surface area contributed by atoms with Crippen LogP contribution in [0.15, 0.2) is 53.4 Å². The maximum absolute atomic E-state index is 13.1. The molecule has 1 fully saturated rings. The molecule has 0 radical (unpaired) electrons. The van der Waals surface area contributed by atoms with Gasteiger partial charge in [-0.2, -0.15) is 4.31 Å². The first kappa shape index (κ1) is 21.3. The molecule has 2 aromatic carbocycles. The summed E-state index contributed by atoms with van der Waals surface area (Å²) in [7, 11) is -2.00. The minimum Gasteiger partial charge on any atom is -0.497 e. The molecular formula is C22H28N2O4S. The molecule has 1 heterocycles. The first-order valence-corrected chi connectivity index (χ1v) is 11.3. The van der Waals surface area contributed by atoms with E-state index in [0.717, 1.165) is 29.7 Å². The Morgan fingerprint density at radius 2 is 1.79 bits per heavy atom. The summed E-state index contributed by atoms with van der Waals surface area (Å²) < 4.78 is 32.9. The van der Waals surface area contributed by atoms with Crippen LogP contribution < -0.4 is 10.1 Å². The van der Waals surface area contributed by atoms with Crippen LogP contribution in [-0.4, -0.2) is 38.3 Å². The summed E-state index contributed by atoms with van der Waals surface area (Å²) in [5, 5.41) is 2.90. The number of benzene rings is 2. The molecule has 1 N–H and O–H groups in total. The van der Waals surface area contributed by atoms with E-state index < -0.39 is 10.0 Å². The number of sulfonamides is 1. The second-order valence-electron chi connectivity index (χ2n) is 7.41. The van der Waals surface area contributed by atoms with Crippen molar-refractivity contribution in [2.75, 3.05) is 13.7 Å². The highest BCUT2D eigenvalue weighted by atomic mass is 32.2. The normalized spacial score (nSPS) is 17.7. The van der Waals surface area contributed by atoms with Crippen molar-refractivity contribution in [3.05, 3.63) is 59.7 Å². The third kappa shape index (κ3) is 5.36. The molecule has 0 saturated carbocycles. The zero-order valence-corrected chi connectivity index (χ0v) is 17.7. The molecule has 1 atom stereocenters. The molecule has 0 bridgehead atoms. The lowest BCUT2D eigenvalue weighted by atomic mass is 10.0. The fraction of sp³-hybridized carbons (Fsp3) is 0.409. The van der Waals surface area contributed by atoms with E-state index >= 15 is 0 Å². The number of rotatable bonds is 7. The van der Waals surface area contributed by atoms with Crippen LogP contribution in [0.5, 0.6) is 5.75 Å². The fourth-order valence-electron chi connectivity index (χ4n) is 3.57. The van der Waals surface area contributed by atoms with E-state index in [-0.39, 0.29) is 23.3 Å². The molecule has 1 aliphatic rings. The molecular weight excluding hydrogens is 388 g/mol. The first-order valence-electron chi connectivity index (χ1n) is 9.88. The van der Waals surface area contributed by atoms with Gasteiger partial charge in [0.15, 0.2) is 0 Å². The molecule has 29 heavy (non-hydrogen) atoms. The monoisotopic (exact) mass is 416 g/mol. The van der Waals surface area contributed by atoms with Crippen molar-refractivity contribution in [3.63, 3.8) is 0 Å². The minimum atomic E-state index is -3.61. The number of nitrogens with zero attached hydrogens (tertiary/aromatic N) is 1. The summed E-state index contributed by atoms with van der Waals surface area (Å²) >= 11 is 0. The van der Waals surface area contributed by atoms with E-state index in [1.807, 2.05) is 31.2 Å². The standard InChI is InChI=1S/C22H28N2O4S/c1-17-6-12-21(13-7-17)29(26,27)24-14-4-3-5-19(24)15-22(25)23-16-18-8-10-20(28-2)11-9-18/h6-13,19H,3-5,14-16H2,1-2H3,(H,23,25). The highest BCUT2D eigenvalue weighted by Gasteiger charge is 2.34. The number of aryl methyl sites for hydroxylation is 1. The molecule has 3 rings (SSSR count). The minimum absolute atomic E-state index is 0.142. The van der Waals surface area contributed by atoms with E-state index in [1.165, 1.54) is 4.31 Å². The average molecular weight is 417 g/mol. The van der Waals surface area contributed by atoms with Crippen molar-refractivity contribution in [2.24, 2.45) is 0 Å². The third-order valence-corrected chi connectivity index (χ3v) is 7.24. The number of hydrogen-bond donors (Lipinski definition) is 1. The van der Waals surface area contributed by atoms with E-state index in [9.17, 15) is 13.2 Å². The SMILES string of the molecule is COc1ccc(CNC(=O)CC2CCCCN2S(=O)(=O)c2ccc(C)cc2)cc1. The molecule has 1 amide bonds. The topological polar surface area (TPSA) is 75.7 Å². The fourth-order valence-corrected chi connectivity index (χ4v) is 5.26. The number of nitrogens with one attached hydrogen (secondary N) is 1. The Morgan fingerprint density at radius 1 is 1.10 bits per heavy atom. The Balaban J connectivity index is 1.64. The van der Waals surface area contributed by atoms with Gasteiger partial charge in [0.05, 0.1) is 12.0 Å². The Hall–Kier alpha value is -2.38. The van der Waals surface area contributed by atoms with Crippen LogP contribution in [0.1, 0.15) is 36.8 Å². The number of amides is 1. The van der Waals surface area contributed by atoms with Crippen molar-refractivity contribution >= 4 is 15.9 Å². The second-order valence-corrected chi connectivity index (χ2v) is 9.30. The van der Waals surface area contributed by atoms with Gasteiger partial charge in [-0.1, -0.05) is 36.2 Å². The van der Waals surface area contributed by atoms with Gasteiger partial charge < -0.3 is 10.1 Å².